The van der Waals surface area contributed by atoms with Gasteiger partial charge >= 0.3 is 5.97 Å². The van der Waals surface area contributed by atoms with E-state index in [0.717, 1.165) is 59.0 Å². The molecule has 0 amide bonds. The molecule has 0 spiro atoms. The van der Waals surface area contributed by atoms with E-state index in [9.17, 15) is 4.79 Å². The van der Waals surface area contributed by atoms with Crippen LogP contribution in [0.4, 0.5) is 16.8 Å². The Morgan fingerprint density at radius 3 is 2.72 bits per heavy atom. The molecule has 152 valence electrons. The number of benzene rings is 1. The maximum Gasteiger partial charge on any atom is 0.338 e. The van der Waals surface area contributed by atoms with Crippen molar-refractivity contribution in [2.75, 3.05) is 50.1 Å². The number of aromatic nitrogens is 3. The summed E-state index contributed by atoms with van der Waals surface area (Å²) < 4.78 is 5.99. The predicted octanol–water partition coefficient (Wildman–Crippen LogP) is 3.07. The van der Waals surface area contributed by atoms with E-state index in [2.05, 4.69) is 37.1 Å². The van der Waals surface area contributed by atoms with Gasteiger partial charge in [-0.2, -0.15) is 0 Å². The molecule has 0 aliphatic carbocycles. The van der Waals surface area contributed by atoms with Gasteiger partial charge in [0.25, 0.3) is 0 Å². The minimum atomic E-state index is -0.319. The molecular formula is C20H24N6O2S. The maximum atomic E-state index is 12.0. The minimum Gasteiger partial charge on any atom is -0.462 e. The molecule has 0 atom stereocenters. The molecule has 0 bridgehead atoms. The van der Waals surface area contributed by atoms with Crippen LogP contribution >= 0.6 is 11.3 Å². The first-order chi connectivity index (χ1) is 14.0. The highest BCUT2D eigenvalue weighted by Crippen LogP contribution is 2.29. The summed E-state index contributed by atoms with van der Waals surface area (Å²) in [6.07, 6.45) is 0. The van der Waals surface area contributed by atoms with Crippen molar-refractivity contribution in [3.63, 3.8) is 0 Å². The smallest absolute Gasteiger partial charge is 0.338 e. The number of rotatable bonds is 5. The third kappa shape index (κ3) is 4.46. The number of hydrogen-bond acceptors (Lipinski definition) is 9. The van der Waals surface area contributed by atoms with Crippen LogP contribution in [0.3, 0.4) is 0 Å². The summed E-state index contributed by atoms with van der Waals surface area (Å²) in [7, 11) is 2.13. The average molecular weight is 413 g/mol. The monoisotopic (exact) mass is 412 g/mol. The molecular weight excluding hydrogens is 388 g/mol. The summed E-state index contributed by atoms with van der Waals surface area (Å²) in [6, 6.07) is 7.36. The Hall–Kier alpha value is -2.78. The van der Waals surface area contributed by atoms with Crippen molar-refractivity contribution >= 4 is 44.3 Å². The van der Waals surface area contributed by atoms with Gasteiger partial charge < -0.3 is 19.9 Å². The lowest BCUT2D eigenvalue weighted by atomic mass is 10.2. The van der Waals surface area contributed by atoms with E-state index in [1.165, 1.54) is 11.3 Å². The number of esters is 1. The quantitative estimate of drug-likeness (QED) is 0.640. The molecule has 1 N–H and O–H groups in total. The predicted molar refractivity (Wildman–Crippen MR) is 115 cm³/mol. The van der Waals surface area contributed by atoms with Crippen LogP contribution in [0, 0.1) is 6.92 Å². The van der Waals surface area contributed by atoms with Gasteiger partial charge in [-0.1, -0.05) is 11.3 Å². The van der Waals surface area contributed by atoms with Crippen molar-refractivity contribution in [2.24, 2.45) is 0 Å². The molecule has 9 heteroatoms. The number of thiazole rings is 1. The van der Waals surface area contributed by atoms with Gasteiger partial charge in [0, 0.05) is 32.2 Å². The van der Waals surface area contributed by atoms with Crippen LogP contribution in [0.5, 0.6) is 0 Å². The van der Waals surface area contributed by atoms with Crippen LogP contribution < -0.4 is 10.2 Å². The Labute approximate surface area is 173 Å². The number of fused-ring (bicyclic) bond motifs is 1. The minimum absolute atomic E-state index is 0.319. The number of likely N-dealkylation sites (N-methyl/N-ethyl adjacent to an activating group) is 1. The number of nitrogens with zero attached hydrogens (tertiary/aromatic N) is 5. The van der Waals surface area contributed by atoms with Crippen molar-refractivity contribution in [1.82, 2.24) is 19.9 Å². The number of ether oxygens (including phenoxy) is 1. The average Bonchev–Trinajstić information content (AvgIpc) is 3.09. The van der Waals surface area contributed by atoms with Crippen molar-refractivity contribution in [3.05, 3.63) is 35.7 Å². The summed E-state index contributed by atoms with van der Waals surface area (Å²) in [4.78, 5) is 30.3. The highest BCUT2D eigenvalue weighted by Gasteiger charge is 2.17. The lowest BCUT2D eigenvalue weighted by Gasteiger charge is -2.33. The van der Waals surface area contributed by atoms with Crippen LogP contribution in [-0.4, -0.2) is 65.7 Å². The molecule has 0 unspecified atom stereocenters. The van der Waals surface area contributed by atoms with Gasteiger partial charge in [-0.05, 0) is 39.1 Å². The van der Waals surface area contributed by atoms with E-state index in [0.29, 0.717) is 12.2 Å². The zero-order chi connectivity index (χ0) is 20.4. The second-order valence-electron chi connectivity index (χ2n) is 7.00. The fraction of sp³-hybridized carbons (Fsp3) is 0.400. The van der Waals surface area contributed by atoms with Gasteiger partial charge in [0.1, 0.15) is 17.5 Å². The van der Waals surface area contributed by atoms with E-state index in [1.807, 2.05) is 25.1 Å². The van der Waals surface area contributed by atoms with E-state index in [-0.39, 0.29) is 5.97 Å². The van der Waals surface area contributed by atoms with Crippen LogP contribution in [0.25, 0.3) is 10.2 Å². The topological polar surface area (TPSA) is 83.5 Å². The van der Waals surface area contributed by atoms with E-state index >= 15 is 0 Å². The molecule has 1 saturated heterocycles. The zero-order valence-corrected chi connectivity index (χ0v) is 17.6. The number of piperazine rings is 1. The first-order valence-electron chi connectivity index (χ1n) is 9.66. The largest absolute Gasteiger partial charge is 0.462 e. The maximum absolute atomic E-state index is 12.0. The van der Waals surface area contributed by atoms with Gasteiger partial charge in [-0.3, -0.25) is 0 Å². The number of nitrogens with one attached hydrogen (secondary N) is 1. The molecule has 1 aromatic carbocycles. The standard InChI is InChI=1S/C20H24N6O2S/c1-4-28-19(27)14-5-6-15-16(11-14)29-20(23-15)24-17-12-18(22-13(2)21-17)26-9-7-25(3)8-10-26/h5-6,11-12H,4,7-10H2,1-3H3,(H,21,22,23,24). The zero-order valence-electron chi connectivity index (χ0n) is 16.8. The normalized spacial score (nSPS) is 14.9. The number of carbonyl (C=O) groups is 1. The molecule has 2 aromatic heterocycles. The Bertz CT molecular complexity index is 1030. The Morgan fingerprint density at radius 1 is 1.17 bits per heavy atom. The molecule has 0 radical (unpaired) electrons. The summed E-state index contributed by atoms with van der Waals surface area (Å²) >= 11 is 1.48. The van der Waals surface area contributed by atoms with Gasteiger partial charge in [-0.15, -0.1) is 0 Å². The molecule has 1 aliphatic heterocycles. The van der Waals surface area contributed by atoms with Gasteiger partial charge in [-0.25, -0.2) is 19.7 Å². The second kappa shape index (κ2) is 8.30. The van der Waals surface area contributed by atoms with E-state index in [1.54, 1.807) is 13.0 Å². The molecule has 4 rings (SSSR count). The molecule has 8 nitrogen and oxygen atoms in total. The lowest BCUT2D eigenvalue weighted by Crippen LogP contribution is -2.44. The van der Waals surface area contributed by atoms with Crippen molar-refractivity contribution in [1.29, 1.82) is 0 Å². The lowest BCUT2D eigenvalue weighted by molar-refractivity contribution is 0.0526. The summed E-state index contributed by atoms with van der Waals surface area (Å²) in [5, 5.41) is 4.02. The molecule has 3 heterocycles. The third-order valence-electron chi connectivity index (χ3n) is 4.79. The second-order valence-corrected chi connectivity index (χ2v) is 8.03. The summed E-state index contributed by atoms with van der Waals surface area (Å²) in [5.74, 6) is 2.05. The van der Waals surface area contributed by atoms with Crippen LogP contribution in [0.2, 0.25) is 0 Å². The van der Waals surface area contributed by atoms with Crippen molar-refractivity contribution in [3.8, 4) is 0 Å². The first kappa shape index (κ1) is 19.5. The van der Waals surface area contributed by atoms with Crippen LogP contribution in [0.1, 0.15) is 23.1 Å². The molecule has 0 saturated carbocycles. The summed E-state index contributed by atoms with van der Waals surface area (Å²) in [6.45, 7) is 7.99. The Kier molecular flexibility index (Phi) is 5.59. The Morgan fingerprint density at radius 2 is 1.97 bits per heavy atom. The fourth-order valence-corrected chi connectivity index (χ4v) is 4.15. The number of aryl methyl sites for hydroxylation is 1. The van der Waals surface area contributed by atoms with Crippen LogP contribution in [0.15, 0.2) is 24.3 Å². The van der Waals surface area contributed by atoms with Gasteiger partial charge in [0.2, 0.25) is 0 Å². The molecule has 3 aromatic rings. The van der Waals surface area contributed by atoms with Crippen LogP contribution in [-0.2, 0) is 4.74 Å². The van der Waals surface area contributed by atoms with E-state index in [4.69, 9.17) is 4.74 Å². The summed E-state index contributed by atoms with van der Waals surface area (Å²) in [5.41, 5.74) is 1.36. The number of anilines is 3. The fourth-order valence-electron chi connectivity index (χ4n) is 3.24. The Balaban J connectivity index is 1.55. The van der Waals surface area contributed by atoms with Crippen molar-refractivity contribution < 1.29 is 9.53 Å². The number of hydrogen-bond donors (Lipinski definition) is 1. The van der Waals surface area contributed by atoms with Crippen molar-refractivity contribution in [2.45, 2.75) is 13.8 Å². The van der Waals surface area contributed by atoms with E-state index < -0.39 is 0 Å². The molecule has 1 fully saturated rings. The first-order valence-corrected chi connectivity index (χ1v) is 10.5. The van der Waals surface area contributed by atoms with Gasteiger partial charge in [0.15, 0.2) is 5.13 Å². The highest BCUT2D eigenvalue weighted by molar-refractivity contribution is 7.22. The molecule has 29 heavy (non-hydrogen) atoms. The molecule has 1 aliphatic rings. The number of carbonyl (C=O) groups excluding carboxylic acids is 1. The van der Waals surface area contributed by atoms with Gasteiger partial charge in [0.05, 0.1) is 22.4 Å². The highest BCUT2D eigenvalue weighted by atomic mass is 32.1. The SMILES string of the molecule is CCOC(=O)c1ccc2nc(Nc3cc(N4CCN(C)CC4)nc(C)n3)sc2c1. The third-order valence-corrected chi connectivity index (χ3v) is 5.72.